The van der Waals surface area contributed by atoms with Gasteiger partial charge in [0.2, 0.25) is 0 Å². The molecule has 5 nitrogen and oxygen atoms in total. The molecule has 1 atom stereocenters. The van der Waals surface area contributed by atoms with E-state index in [9.17, 15) is 8.76 Å². The molecule has 0 bridgehead atoms. The lowest BCUT2D eigenvalue weighted by molar-refractivity contribution is 0.440. The minimum Gasteiger partial charge on any atom is -0.740 e. The number of rotatable bonds is 7. The van der Waals surface area contributed by atoms with Crippen molar-refractivity contribution in [1.29, 1.82) is 0 Å². The molecule has 0 heterocycles. The van der Waals surface area contributed by atoms with Crippen molar-refractivity contribution < 1.29 is 12.9 Å². The molecule has 1 aromatic rings. The molecule has 6 heteroatoms. The summed E-state index contributed by atoms with van der Waals surface area (Å²) in [6.07, 6.45) is 0. The Hall–Kier alpha value is -1.11. The minimum absolute atomic E-state index is 0.311. The first kappa shape index (κ1) is 13.0. The lowest BCUT2D eigenvalue weighted by Crippen LogP contribution is -2.21. The van der Waals surface area contributed by atoms with Gasteiger partial charge in [0.25, 0.3) is 0 Å². The monoisotopic (exact) mass is 243 g/mol. The molecule has 90 valence electrons. The van der Waals surface area contributed by atoms with Crippen LogP contribution in [0.15, 0.2) is 24.3 Å². The molecule has 0 spiro atoms. The highest BCUT2D eigenvalue weighted by Crippen LogP contribution is 2.15. The van der Waals surface area contributed by atoms with Gasteiger partial charge < -0.3 is 19.4 Å². The van der Waals surface area contributed by atoms with Gasteiger partial charge in [0, 0.05) is 18.8 Å². The highest BCUT2D eigenvalue weighted by molar-refractivity contribution is 7.74. The molecule has 0 aliphatic carbocycles. The second-order valence-electron chi connectivity index (χ2n) is 3.09. The highest BCUT2D eigenvalue weighted by atomic mass is 32.2. The summed E-state index contributed by atoms with van der Waals surface area (Å²) in [6, 6.07) is 6.75. The Morgan fingerprint density at radius 2 is 2.00 bits per heavy atom. The third-order valence-electron chi connectivity index (χ3n) is 1.90. The van der Waals surface area contributed by atoms with Gasteiger partial charge in [0.05, 0.1) is 0 Å². The van der Waals surface area contributed by atoms with Crippen LogP contribution in [0.1, 0.15) is 6.92 Å². The molecule has 0 saturated carbocycles. The fourth-order valence-corrected chi connectivity index (χ4v) is 1.45. The maximum absolute atomic E-state index is 10.3. The summed E-state index contributed by atoms with van der Waals surface area (Å²) in [7, 11) is 0. The highest BCUT2D eigenvalue weighted by Gasteiger charge is 1.94. The standard InChI is InChI=1S/C10H16N2O3S/c1-2-11-7-8-12-9-3-5-10(6-4-9)15-16(13)14/h3-6,11-12H,2,7-8H2,1H3,(H,13,14)/p-1. The summed E-state index contributed by atoms with van der Waals surface area (Å²) in [5, 5.41) is 6.38. The van der Waals surface area contributed by atoms with Crippen molar-refractivity contribution in [2.45, 2.75) is 6.92 Å². The number of hydrogen-bond donors (Lipinski definition) is 2. The smallest absolute Gasteiger partial charge is 0.139 e. The Labute approximate surface area is 97.7 Å². The second kappa shape index (κ2) is 7.21. The molecule has 1 rings (SSSR count). The quantitative estimate of drug-likeness (QED) is 0.549. The number of hydrogen-bond acceptors (Lipinski definition) is 5. The van der Waals surface area contributed by atoms with Gasteiger partial charge in [-0.05, 0) is 30.8 Å². The molecule has 0 amide bonds. The molecule has 0 aliphatic heterocycles. The molecule has 0 aliphatic rings. The number of likely N-dealkylation sites (N-methyl/N-ethyl adjacent to an activating group) is 1. The van der Waals surface area contributed by atoms with E-state index in [-0.39, 0.29) is 0 Å². The topological polar surface area (TPSA) is 73.4 Å². The van der Waals surface area contributed by atoms with Crippen LogP contribution in [0.2, 0.25) is 0 Å². The summed E-state index contributed by atoms with van der Waals surface area (Å²) >= 11 is -2.51. The summed E-state index contributed by atoms with van der Waals surface area (Å²) in [6.45, 7) is 4.71. The lowest BCUT2D eigenvalue weighted by atomic mass is 10.3. The second-order valence-corrected chi connectivity index (χ2v) is 3.67. The van der Waals surface area contributed by atoms with Gasteiger partial charge in [-0.3, -0.25) is 0 Å². The van der Waals surface area contributed by atoms with Gasteiger partial charge in [0.1, 0.15) is 17.1 Å². The van der Waals surface area contributed by atoms with Crippen LogP contribution in [0.3, 0.4) is 0 Å². The predicted octanol–water partition coefficient (Wildman–Crippen LogP) is 0.881. The molecule has 0 radical (unpaired) electrons. The zero-order valence-electron chi connectivity index (χ0n) is 9.06. The Morgan fingerprint density at radius 3 is 2.56 bits per heavy atom. The summed E-state index contributed by atoms with van der Waals surface area (Å²) in [5.74, 6) is 0.311. The van der Waals surface area contributed by atoms with E-state index in [0.717, 1.165) is 25.3 Å². The van der Waals surface area contributed by atoms with Gasteiger partial charge in [-0.1, -0.05) is 6.92 Å². The van der Waals surface area contributed by atoms with E-state index in [4.69, 9.17) is 0 Å². The van der Waals surface area contributed by atoms with Crippen molar-refractivity contribution in [2.75, 3.05) is 25.0 Å². The number of anilines is 1. The van der Waals surface area contributed by atoms with Gasteiger partial charge in [0.15, 0.2) is 0 Å². The van der Waals surface area contributed by atoms with Crippen LogP contribution in [0, 0.1) is 0 Å². The van der Waals surface area contributed by atoms with Crippen molar-refractivity contribution in [2.24, 2.45) is 0 Å². The molecule has 2 N–H and O–H groups in total. The molecule has 0 saturated heterocycles. The van der Waals surface area contributed by atoms with Crippen LogP contribution < -0.4 is 14.8 Å². The van der Waals surface area contributed by atoms with Gasteiger partial charge in [-0.15, -0.1) is 0 Å². The zero-order valence-corrected chi connectivity index (χ0v) is 9.88. The largest absolute Gasteiger partial charge is 0.740 e. The van der Waals surface area contributed by atoms with Gasteiger partial charge in [-0.25, -0.2) is 4.21 Å². The van der Waals surface area contributed by atoms with Crippen molar-refractivity contribution in [3.05, 3.63) is 24.3 Å². The Morgan fingerprint density at radius 1 is 1.31 bits per heavy atom. The van der Waals surface area contributed by atoms with E-state index in [0.29, 0.717) is 5.75 Å². The fourth-order valence-electron chi connectivity index (χ4n) is 1.18. The third kappa shape index (κ3) is 5.11. The van der Waals surface area contributed by atoms with E-state index in [1.54, 1.807) is 24.3 Å². The van der Waals surface area contributed by atoms with Crippen LogP contribution in [-0.4, -0.2) is 28.4 Å². The molecular formula is C10H15N2O3S-. The van der Waals surface area contributed by atoms with Crippen molar-refractivity contribution in [3.8, 4) is 5.75 Å². The average Bonchev–Trinajstić information content (AvgIpc) is 2.26. The van der Waals surface area contributed by atoms with Gasteiger partial charge in [-0.2, -0.15) is 0 Å². The minimum atomic E-state index is -2.51. The Balaban J connectivity index is 2.36. The van der Waals surface area contributed by atoms with Crippen LogP contribution in [0.4, 0.5) is 5.69 Å². The third-order valence-corrected chi connectivity index (χ3v) is 2.23. The van der Waals surface area contributed by atoms with E-state index in [1.165, 1.54) is 0 Å². The van der Waals surface area contributed by atoms with Crippen molar-refractivity contribution in [3.63, 3.8) is 0 Å². The van der Waals surface area contributed by atoms with E-state index >= 15 is 0 Å². The van der Waals surface area contributed by atoms with Crippen LogP contribution in [0.5, 0.6) is 5.75 Å². The molecule has 1 aromatic carbocycles. The maximum Gasteiger partial charge on any atom is 0.139 e. The fraction of sp³-hybridized carbons (Fsp3) is 0.400. The van der Waals surface area contributed by atoms with Crippen LogP contribution in [0.25, 0.3) is 0 Å². The predicted molar refractivity (Wildman–Crippen MR) is 63.0 cm³/mol. The molecule has 0 aromatic heterocycles. The first-order valence-electron chi connectivity index (χ1n) is 5.04. The van der Waals surface area contributed by atoms with Crippen LogP contribution >= 0.6 is 0 Å². The molecule has 0 fully saturated rings. The first-order valence-corrected chi connectivity index (χ1v) is 6.04. The zero-order chi connectivity index (χ0) is 11.8. The summed E-state index contributed by atoms with van der Waals surface area (Å²) in [4.78, 5) is 0. The SMILES string of the molecule is CCNCCNc1ccc(OS(=O)[O-])cc1. The van der Waals surface area contributed by atoms with Crippen molar-refractivity contribution in [1.82, 2.24) is 5.32 Å². The Bertz CT molecular complexity index is 329. The molecule has 16 heavy (non-hydrogen) atoms. The molecular weight excluding hydrogens is 228 g/mol. The lowest BCUT2D eigenvalue weighted by Gasteiger charge is -2.09. The van der Waals surface area contributed by atoms with Gasteiger partial charge >= 0.3 is 0 Å². The van der Waals surface area contributed by atoms with Crippen LogP contribution in [-0.2, 0) is 11.4 Å². The summed E-state index contributed by atoms with van der Waals surface area (Å²) < 4.78 is 25.0. The Kier molecular flexibility index (Phi) is 5.84. The van der Waals surface area contributed by atoms with E-state index in [1.807, 2.05) is 0 Å². The molecule has 1 unspecified atom stereocenters. The van der Waals surface area contributed by atoms with E-state index in [2.05, 4.69) is 21.7 Å². The average molecular weight is 243 g/mol. The normalized spacial score (nSPS) is 12.1. The number of benzene rings is 1. The first-order chi connectivity index (χ1) is 7.72. The van der Waals surface area contributed by atoms with Crippen molar-refractivity contribution >= 4 is 17.0 Å². The summed E-state index contributed by atoms with van der Waals surface area (Å²) in [5.41, 5.74) is 0.932. The number of nitrogens with one attached hydrogen (secondary N) is 2. The maximum atomic E-state index is 10.3. The van der Waals surface area contributed by atoms with E-state index < -0.39 is 11.4 Å².